The highest BCUT2D eigenvalue weighted by Crippen LogP contribution is 2.61. The van der Waals surface area contributed by atoms with Gasteiger partial charge < -0.3 is 28.6 Å². The number of carbonyl (C=O) groups excluding carboxylic acids is 1. The fourth-order valence-electron chi connectivity index (χ4n) is 4.05. The number of nitrogens with zero attached hydrogens (tertiary/aromatic N) is 1. The maximum Gasteiger partial charge on any atom is 0.462 e. The summed E-state index contributed by atoms with van der Waals surface area (Å²) >= 11 is 0. The molecular weight excluding hydrogens is 1050 g/mol. The molecule has 0 aliphatic carbocycles. The van der Waals surface area contributed by atoms with Gasteiger partial charge in [-0.3, -0.25) is 23.7 Å². The van der Waals surface area contributed by atoms with Crippen molar-refractivity contribution in [3.8, 4) is 0 Å². The molecule has 0 aromatic heterocycles. The first-order chi connectivity index (χ1) is 29.6. The van der Waals surface area contributed by atoms with Crippen LogP contribution in [0.5, 0.6) is 0 Å². The Labute approximate surface area is 350 Å². The Morgan fingerprint density at radius 1 is 0.313 bits per heavy atom. The molecule has 0 N–H and O–H groups in total. The van der Waals surface area contributed by atoms with Crippen LogP contribution in [0.2, 0.25) is 0 Å². The van der Waals surface area contributed by atoms with Gasteiger partial charge in [0.25, 0.3) is 5.91 Å². The molecule has 1 aliphatic rings. The van der Waals surface area contributed by atoms with Gasteiger partial charge in [0.2, 0.25) is 0 Å². The quantitative estimate of drug-likeness (QED) is 0.167. The number of carbonyl (C=O) groups is 1. The van der Waals surface area contributed by atoms with Gasteiger partial charge in [-0.05, 0) is 0 Å². The highest BCUT2D eigenvalue weighted by Gasteiger charge is 2.90. The lowest BCUT2D eigenvalue weighted by molar-refractivity contribution is -0.592. The lowest BCUT2D eigenvalue weighted by atomic mass is 10.2. The first-order valence-electron chi connectivity index (χ1n) is 16.6. The Morgan fingerprint density at radius 2 is 0.552 bits per heavy atom. The van der Waals surface area contributed by atoms with Gasteiger partial charge in [0.15, 0.2) is 0 Å². The molecule has 4 unspecified atom stereocenters. The van der Waals surface area contributed by atoms with Crippen molar-refractivity contribution in [1.82, 2.24) is 4.90 Å². The molecule has 0 spiro atoms. The molecule has 67 heavy (non-hydrogen) atoms. The molecule has 1 rings (SSSR count). The van der Waals surface area contributed by atoms with Crippen LogP contribution in [-0.4, -0.2) is 175 Å². The van der Waals surface area contributed by atoms with E-state index in [-0.39, 0.29) is 26.4 Å². The second-order valence-electron chi connectivity index (χ2n) is 12.3. The van der Waals surface area contributed by atoms with Crippen molar-refractivity contribution in [2.45, 2.75) is 84.7 Å². The topological polar surface area (TPSA) is 103 Å². The number of halogens is 29. The van der Waals surface area contributed by atoms with Gasteiger partial charge in [0.1, 0.15) is 0 Å². The van der Waals surface area contributed by atoms with Gasteiger partial charge in [-0.2, -0.15) is 127 Å². The van der Waals surface area contributed by atoms with E-state index < -0.39 is 148 Å². The van der Waals surface area contributed by atoms with Crippen molar-refractivity contribution in [3.05, 3.63) is 0 Å². The smallest absolute Gasteiger partial charge is 0.377 e. The number of hydrogen-bond acceptors (Lipinski definition) is 10. The number of hydrogen-bond donors (Lipinski definition) is 0. The van der Waals surface area contributed by atoms with Crippen molar-refractivity contribution in [1.29, 1.82) is 0 Å². The predicted octanol–water partition coefficient (Wildman–Crippen LogP) is 8.46. The molecule has 400 valence electrons. The minimum atomic E-state index is -9.29. The van der Waals surface area contributed by atoms with E-state index in [4.69, 9.17) is 23.7 Å². The summed E-state index contributed by atoms with van der Waals surface area (Å²) < 4.78 is 431. The SMILES string of the molecule is O=C(N1CCOCCOCCOCCOCCOCC1)C(F)(OC(F)(F)C(F)(OC(F)(F)C(F)(OC(F)(F)C(F)(OC(F)(F)C(F)(F)C(F)(F)F)C(F)(F)F)C(F)(F)F)C(F)(F)F)C(F)(F)F. The molecular formula is C27H24F29NO10. The minimum Gasteiger partial charge on any atom is -0.377 e. The summed E-state index contributed by atoms with van der Waals surface area (Å²) in [6.45, 7) is -8.06. The molecule has 0 aromatic rings. The summed E-state index contributed by atoms with van der Waals surface area (Å²) in [4.78, 5) is 12.0. The lowest BCUT2D eigenvalue weighted by Crippen LogP contribution is -2.72. The monoisotopic (exact) mass is 1070 g/mol. The summed E-state index contributed by atoms with van der Waals surface area (Å²) in [6, 6.07) is 0. The first kappa shape index (κ1) is 62.1. The molecule has 0 saturated carbocycles. The van der Waals surface area contributed by atoms with Crippen molar-refractivity contribution in [3.63, 3.8) is 0 Å². The van der Waals surface area contributed by atoms with Gasteiger partial charge in [-0.25, -0.2) is 0 Å². The lowest BCUT2D eigenvalue weighted by Gasteiger charge is -2.44. The van der Waals surface area contributed by atoms with Crippen LogP contribution in [0.4, 0.5) is 127 Å². The summed E-state index contributed by atoms with van der Waals surface area (Å²) in [6.07, 6.45) is -77.9. The zero-order chi connectivity index (χ0) is 53.0. The molecule has 0 aromatic carbocycles. The van der Waals surface area contributed by atoms with E-state index in [1.54, 1.807) is 0 Å². The van der Waals surface area contributed by atoms with Crippen LogP contribution >= 0.6 is 0 Å². The summed E-state index contributed by atoms with van der Waals surface area (Å²) in [5.41, 5.74) is 0. The van der Waals surface area contributed by atoms with Gasteiger partial charge in [-0.1, -0.05) is 0 Å². The minimum absolute atomic E-state index is 0.0791. The van der Waals surface area contributed by atoms with Gasteiger partial charge in [0, 0.05) is 13.1 Å². The summed E-state index contributed by atoms with van der Waals surface area (Å²) in [5, 5.41) is 0. The first-order valence-corrected chi connectivity index (χ1v) is 16.6. The van der Waals surface area contributed by atoms with E-state index >= 15 is 8.78 Å². The largest absolute Gasteiger partial charge is 0.462 e. The van der Waals surface area contributed by atoms with E-state index in [9.17, 15) is 123 Å². The fourth-order valence-corrected chi connectivity index (χ4v) is 4.05. The van der Waals surface area contributed by atoms with Gasteiger partial charge in [0.05, 0.1) is 66.1 Å². The molecule has 4 atom stereocenters. The van der Waals surface area contributed by atoms with E-state index in [1.165, 1.54) is 4.74 Å². The highest BCUT2D eigenvalue weighted by atomic mass is 19.4. The molecule has 40 heteroatoms. The maximum absolute atomic E-state index is 15.5. The number of alkyl halides is 29. The Morgan fingerprint density at radius 3 is 0.791 bits per heavy atom. The van der Waals surface area contributed by atoms with Crippen LogP contribution in [0, 0.1) is 0 Å². The zero-order valence-electron chi connectivity index (χ0n) is 31.5. The molecule has 11 nitrogen and oxygen atoms in total. The molecule has 1 saturated heterocycles. The third kappa shape index (κ3) is 13.5. The predicted molar refractivity (Wildman–Crippen MR) is 145 cm³/mol. The Bertz CT molecular complexity index is 1570. The van der Waals surface area contributed by atoms with Crippen molar-refractivity contribution in [2.75, 3.05) is 79.2 Å². The van der Waals surface area contributed by atoms with Crippen LogP contribution in [0.3, 0.4) is 0 Å². The number of ether oxygens (including phenoxy) is 9. The molecule has 1 fully saturated rings. The average Bonchev–Trinajstić information content (AvgIpc) is 3.11. The summed E-state index contributed by atoms with van der Waals surface area (Å²) in [5.74, 6) is -47.0. The van der Waals surface area contributed by atoms with E-state index in [1.807, 2.05) is 4.74 Å². The Hall–Kier alpha value is -2.92. The van der Waals surface area contributed by atoms with Crippen LogP contribution in [-0.2, 0) is 47.4 Å². The van der Waals surface area contributed by atoms with Crippen molar-refractivity contribution < 1.29 is 175 Å². The zero-order valence-corrected chi connectivity index (χ0v) is 31.5. The van der Waals surface area contributed by atoms with Crippen LogP contribution in [0.15, 0.2) is 0 Å². The molecule has 0 bridgehead atoms. The van der Waals surface area contributed by atoms with Crippen molar-refractivity contribution >= 4 is 5.91 Å². The normalized spacial score (nSPS) is 21.8. The number of amides is 1. The standard InChI is InChI=1S/C27H24F29NO10/c28-14(19(34,35)36,13(58)57-1-3-59-5-7-61-9-11-63-12-10-62-8-6-60-4-2-57)64-25(51,52)16(31,21(40,41)42)66-27(55,56)18(33,23(46,47)48)67-26(53,54)17(32,22(43,44)45)65-24(49,50)15(29,30)20(37,38)39/h1-12H2. The fraction of sp³-hybridized carbons (Fsp3) is 0.963. The maximum atomic E-state index is 15.5. The molecule has 0 radical (unpaired) electrons. The van der Waals surface area contributed by atoms with Crippen molar-refractivity contribution in [2.24, 2.45) is 0 Å². The van der Waals surface area contributed by atoms with Crippen LogP contribution < -0.4 is 0 Å². The van der Waals surface area contributed by atoms with Crippen LogP contribution in [0.25, 0.3) is 0 Å². The average molecular weight is 1070 g/mol. The van der Waals surface area contributed by atoms with E-state index in [0.29, 0.717) is 0 Å². The van der Waals surface area contributed by atoms with Crippen LogP contribution in [0.1, 0.15) is 0 Å². The second-order valence-corrected chi connectivity index (χ2v) is 12.3. The third-order valence-electron chi connectivity index (χ3n) is 7.44. The highest BCUT2D eigenvalue weighted by molar-refractivity contribution is 5.84. The van der Waals surface area contributed by atoms with E-state index in [0.717, 1.165) is 9.47 Å². The van der Waals surface area contributed by atoms with Gasteiger partial charge in [-0.15, -0.1) is 0 Å². The molecule has 1 amide bonds. The van der Waals surface area contributed by atoms with Gasteiger partial charge >= 0.3 is 84.7 Å². The Balaban J connectivity index is 3.93. The second kappa shape index (κ2) is 20.8. The molecule has 1 aliphatic heterocycles. The number of rotatable bonds is 13. The molecule has 1 heterocycles. The third-order valence-corrected chi connectivity index (χ3v) is 7.44. The van der Waals surface area contributed by atoms with E-state index in [2.05, 4.69) is 0 Å². The Kier molecular flexibility index (Phi) is 19.3. The summed E-state index contributed by atoms with van der Waals surface area (Å²) in [7, 11) is 0.